The number of aromatic nitrogens is 3. The van der Waals surface area contributed by atoms with Crippen LogP contribution in [0.5, 0.6) is 5.75 Å². The molecule has 3 aromatic rings. The van der Waals surface area contributed by atoms with Crippen molar-refractivity contribution in [3.05, 3.63) is 46.8 Å². The van der Waals surface area contributed by atoms with Crippen LogP contribution in [0.15, 0.2) is 41.1 Å². The average Bonchev–Trinajstić information content (AvgIpc) is 2.82. The molecule has 23 heavy (non-hydrogen) atoms. The highest BCUT2D eigenvalue weighted by molar-refractivity contribution is 9.10. The number of hydrogen-bond donors (Lipinski definition) is 0. The standard InChI is InChI=1S/C16H14BrF2N3O/c1-10-15(21-14-6-3-11(17)8-22(10)14)13-5-4-12(7-20-13)23-9-16(2,18)19/h3-8H,9H2,1-2H3. The highest BCUT2D eigenvalue weighted by Crippen LogP contribution is 2.25. The van der Waals surface area contributed by atoms with E-state index in [-0.39, 0.29) is 0 Å². The average molecular weight is 382 g/mol. The van der Waals surface area contributed by atoms with Crippen molar-refractivity contribution in [1.82, 2.24) is 14.4 Å². The quantitative estimate of drug-likeness (QED) is 0.667. The maximum atomic E-state index is 12.8. The van der Waals surface area contributed by atoms with E-state index < -0.39 is 12.5 Å². The molecule has 0 saturated carbocycles. The molecule has 3 heterocycles. The van der Waals surface area contributed by atoms with Crippen LogP contribution in [0.4, 0.5) is 8.78 Å². The molecule has 0 aliphatic heterocycles. The van der Waals surface area contributed by atoms with Gasteiger partial charge in [-0.25, -0.2) is 13.8 Å². The van der Waals surface area contributed by atoms with Gasteiger partial charge in [-0.3, -0.25) is 4.98 Å². The molecule has 0 aromatic carbocycles. The first kappa shape index (κ1) is 15.9. The van der Waals surface area contributed by atoms with Gasteiger partial charge in [0.25, 0.3) is 5.92 Å². The van der Waals surface area contributed by atoms with Crippen LogP contribution in [0, 0.1) is 6.92 Å². The predicted molar refractivity (Wildman–Crippen MR) is 87.0 cm³/mol. The van der Waals surface area contributed by atoms with Gasteiger partial charge in [0, 0.05) is 23.3 Å². The summed E-state index contributed by atoms with van der Waals surface area (Å²) in [6.45, 7) is 2.09. The van der Waals surface area contributed by atoms with Gasteiger partial charge in [-0.1, -0.05) is 0 Å². The van der Waals surface area contributed by atoms with E-state index in [2.05, 4.69) is 25.9 Å². The summed E-state index contributed by atoms with van der Waals surface area (Å²) in [5.74, 6) is -2.57. The number of imidazole rings is 1. The molecule has 0 N–H and O–H groups in total. The van der Waals surface area contributed by atoms with Gasteiger partial charge in [-0.15, -0.1) is 0 Å². The monoisotopic (exact) mass is 381 g/mol. The Labute approximate surface area is 140 Å². The fourth-order valence-electron chi connectivity index (χ4n) is 2.19. The maximum absolute atomic E-state index is 12.8. The van der Waals surface area contributed by atoms with E-state index in [0.29, 0.717) is 11.4 Å². The first-order chi connectivity index (χ1) is 10.8. The van der Waals surface area contributed by atoms with Crippen LogP contribution < -0.4 is 4.74 Å². The number of nitrogens with zero attached hydrogens (tertiary/aromatic N) is 3. The van der Waals surface area contributed by atoms with Gasteiger partial charge in [0.05, 0.1) is 11.9 Å². The Morgan fingerprint density at radius 3 is 2.70 bits per heavy atom. The lowest BCUT2D eigenvalue weighted by molar-refractivity contribution is -0.0230. The van der Waals surface area contributed by atoms with E-state index in [1.54, 1.807) is 12.1 Å². The molecule has 0 saturated heterocycles. The minimum absolute atomic E-state index is 0.305. The topological polar surface area (TPSA) is 39.4 Å². The number of halogens is 3. The van der Waals surface area contributed by atoms with Gasteiger partial charge in [0.2, 0.25) is 0 Å². The normalized spacial score (nSPS) is 11.9. The van der Waals surface area contributed by atoms with Crippen molar-refractivity contribution in [3.63, 3.8) is 0 Å². The molecule has 0 radical (unpaired) electrons. The van der Waals surface area contributed by atoms with Gasteiger partial charge >= 0.3 is 0 Å². The van der Waals surface area contributed by atoms with Crippen LogP contribution in [-0.4, -0.2) is 26.9 Å². The zero-order valence-corrected chi connectivity index (χ0v) is 14.1. The molecule has 0 spiro atoms. The number of aryl methyl sites for hydroxylation is 1. The minimum Gasteiger partial charge on any atom is -0.486 e. The van der Waals surface area contributed by atoms with E-state index in [9.17, 15) is 8.78 Å². The van der Waals surface area contributed by atoms with E-state index in [1.807, 2.05) is 29.7 Å². The molecule has 7 heteroatoms. The second-order valence-corrected chi connectivity index (χ2v) is 6.28. The molecule has 120 valence electrons. The number of fused-ring (bicyclic) bond motifs is 1. The maximum Gasteiger partial charge on any atom is 0.278 e. The van der Waals surface area contributed by atoms with E-state index >= 15 is 0 Å². The lowest BCUT2D eigenvalue weighted by Crippen LogP contribution is -2.20. The number of pyridine rings is 2. The zero-order chi connectivity index (χ0) is 16.6. The summed E-state index contributed by atoms with van der Waals surface area (Å²) in [5, 5.41) is 0. The third-order valence-electron chi connectivity index (χ3n) is 3.29. The summed E-state index contributed by atoms with van der Waals surface area (Å²) in [4.78, 5) is 8.83. The highest BCUT2D eigenvalue weighted by Gasteiger charge is 2.22. The summed E-state index contributed by atoms with van der Waals surface area (Å²) in [5.41, 5.74) is 3.17. The Morgan fingerprint density at radius 1 is 1.26 bits per heavy atom. The minimum atomic E-state index is -2.87. The fourth-order valence-corrected chi connectivity index (χ4v) is 2.53. The molecule has 0 aliphatic carbocycles. The molecular formula is C16H14BrF2N3O. The smallest absolute Gasteiger partial charge is 0.278 e. The molecule has 0 unspecified atom stereocenters. The lowest BCUT2D eigenvalue weighted by atomic mass is 10.2. The second kappa shape index (κ2) is 5.88. The number of hydrogen-bond acceptors (Lipinski definition) is 3. The fraction of sp³-hybridized carbons (Fsp3) is 0.250. The van der Waals surface area contributed by atoms with Gasteiger partial charge in [-0.2, -0.15) is 0 Å². The van der Waals surface area contributed by atoms with E-state index in [4.69, 9.17) is 4.74 Å². The van der Waals surface area contributed by atoms with Crippen molar-refractivity contribution in [3.8, 4) is 17.1 Å². The largest absolute Gasteiger partial charge is 0.486 e. The predicted octanol–water partition coefficient (Wildman–Crippen LogP) is 4.50. The van der Waals surface area contributed by atoms with Crippen molar-refractivity contribution >= 4 is 21.6 Å². The third-order valence-corrected chi connectivity index (χ3v) is 3.76. The molecule has 0 bridgehead atoms. The van der Waals surface area contributed by atoms with E-state index in [1.165, 1.54) is 6.20 Å². The highest BCUT2D eigenvalue weighted by atomic mass is 79.9. The molecule has 0 aliphatic rings. The Balaban J connectivity index is 1.89. The molecule has 3 rings (SSSR count). The molecular weight excluding hydrogens is 368 g/mol. The van der Waals surface area contributed by atoms with Crippen molar-refractivity contribution < 1.29 is 13.5 Å². The first-order valence-electron chi connectivity index (χ1n) is 6.95. The molecule has 4 nitrogen and oxygen atoms in total. The van der Waals surface area contributed by atoms with Gasteiger partial charge in [0.15, 0.2) is 6.61 Å². The van der Waals surface area contributed by atoms with Crippen LogP contribution in [0.25, 0.3) is 17.0 Å². The van der Waals surface area contributed by atoms with Crippen molar-refractivity contribution in [1.29, 1.82) is 0 Å². The molecule has 3 aromatic heterocycles. The Hall–Kier alpha value is -2.02. The van der Waals surface area contributed by atoms with Gasteiger partial charge < -0.3 is 9.14 Å². The number of ether oxygens (including phenoxy) is 1. The van der Waals surface area contributed by atoms with Crippen molar-refractivity contribution in [2.75, 3.05) is 6.61 Å². The summed E-state index contributed by atoms with van der Waals surface area (Å²) in [6.07, 6.45) is 3.36. The Kier molecular flexibility index (Phi) is 4.06. The summed E-state index contributed by atoms with van der Waals surface area (Å²) in [6, 6.07) is 7.16. The summed E-state index contributed by atoms with van der Waals surface area (Å²) < 4.78 is 33.5. The molecule has 0 amide bonds. The zero-order valence-electron chi connectivity index (χ0n) is 12.6. The molecule has 0 atom stereocenters. The van der Waals surface area contributed by atoms with Crippen molar-refractivity contribution in [2.45, 2.75) is 19.8 Å². The van der Waals surface area contributed by atoms with Gasteiger partial charge in [-0.05, 0) is 47.1 Å². The van der Waals surface area contributed by atoms with Crippen LogP contribution >= 0.6 is 15.9 Å². The third kappa shape index (κ3) is 3.50. The van der Waals surface area contributed by atoms with Crippen LogP contribution in [0.3, 0.4) is 0 Å². The summed E-state index contributed by atoms with van der Waals surface area (Å²) in [7, 11) is 0. The van der Waals surface area contributed by atoms with Crippen LogP contribution in [0.1, 0.15) is 12.6 Å². The Morgan fingerprint density at radius 2 is 2.04 bits per heavy atom. The second-order valence-electron chi connectivity index (χ2n) is 5.36. The van der Waals surface area contributed by atoms with E-state index in [0.717, 1.165) is 28.4 Å². The van der Waals surface area contributed by atoms with Gasteiger partial charge in [0.1, 0.15) is 17.1 Å². The molecule has 0 fully saturated rings. The van der Waals surface area contributed by atoms with Crippen molar-refractivity contribution in [2.24, 2.45) is 0 Å². The number of rotatable bonds is 4. The van der Waals surface area contributed by atoms with Crippen LogP contribution in [-0.2, 0) is 0 Å². The SMILES string of the molecule is Cc1c(-c2ccc(OCC(C)(F)F)cn2)nc2ccc(Br)cn12. The Bertz CT molecular complexity index is 841. The first-order valence-corrected chi connectivity index (χ1v) is 7.74. The summed E-state index contributed by atoms with van der Waals surface area (Å²) >= 11 is 3.43. The lowest BCUT2D eigenvalue weighted by Gasteiger charge is -2.11. The number of alkyl halides is 2. The van der Waals surface area contributed by atoms with Crippen LogP contribution in [0.2, 0.25) is 0 Å².